The molecule has 4 aromatic rings. The second-order valence-electron chi connectivity index (χ2n) is 10.4. The van der Waals surface area contributed by atoms with Crippen molar-refractivity contribution in [3.05, 3.63) is 87.7 Å². The number of methoxy groups -OCH3 is 1. The monoisotopic (exact) mass is 607 g/mol. The molecule has 0 saturated carbocycles. The van der Waals surface area contributed by atoms with Crippen molar-refractivity contribution in [3.8, 4) is 11.3 Å². The Morgan fingerprint density at radius 3 is 2.40 bits per heavy atom. The maximum absolute atomic E-state index is 13.5. The lowest BCUT2D eigenvalue weighted by Crippen LogP contribution is -2.46. The average Bonchev–Trinajstić information content (AvgIpc) is 3.50. The van der Waals surface area contributed by atoms with Gasteiger partial charge in [0.2, 0.25) is 23.4 Å². The lowest BCUT2D eigenvalue weighted by Gasteiger charge is -2.21. The largest absolute Gasteiger partial charge is 0.453 e. The Bertz CT molecular complexity index is 1680. The number of ether oxygens (including phenoxy) is 1. The highest BCUT2D eigenvalue weighted by molar-refractivity contribution is 6.30. The third-order valence-electron chi connectivity index (χ3n) is 6.64. The summed E-state index contributed by atoms with van der Waals surface area (Å²) in [6.07, 6.45) is 1.96. The summed E-state index contributed by atoms with van der Waals surface area (Å²) in [6, 6.07) is 11.2. The number of hydrogen-bond acceptors (Lipinski definition) is 10. The van der Waals surface area contributed by atoms with Gasteiger partial charge in [-0.3, -0.25) is 29.3 Å². The molecule has 1 unspecified atom stereocenters. The van der Waals surface area contributed by atoms with Gasteiger partial charge in [-0.1, -0.05) is 55.8 Å². The number of halogens is 1. The van der Waals surface area contributed by atoms with E-state index in [1.54, 1.807) is 56.3 Å². The summed E-state index contributed by atoms with van der Waals surface area (Å²) in [5.74, 6) is -2.08. The summed E-state index contributed by atoms with van der Waals surface area (Å²) >= 11 is 5.96. The molecule has 1 aromatic carbocycles. The van der Waals surface area contributed by atoms with E-state index in [9.17, 15) is 19.2 Å². The van der Waals surface area contributed by atoms with Crippen LogP contribution >= 0.6 is 11.6 Å². The first-order valence-electron chi connectivity index (χ1n) is 13.2. The molecule has 14 heteroatoms. The normalized spacial score (nSPS) is 12.1. The molecular weight excluding hydrogens is 578 g/mol. The zero-order valence-corrected chi connectivity index (χ0v) is 24.9. The van der Waals surface area contributed by atoms with Gasteiger partial charge in [-0.25, -0.2) is 9.78 Å². The third kappa shape index (κ3) is 6.95. The first-order chi connectivity index (χ1) is 20.4. The number of anilines is 1. The topological polar surface area (TPSA) is 171 Å². The van der Waals surface area contributed by atoms with Gasteiger partial charge in [0.25, 0.3) is 11.4 Å². The standard InChI is InChI=1S/C29H30ClN7O6/c1-16(2)22(23(39)25-35-36-27(43-25)29(3,4)20-12-11-18(30)13-31-20)33-21(38)15-37-19(17-9-7-6-8-10-17)14-32-24(26(37)40)34-28(41)42-5/h6-14,16,22H,15H2,1-5H3,(H,33,38)(H,32,34,41). The van der Waals surface area contributed by atoms with Crippen LogP contribution in [0.4, 0.5) is 10.6 Å². The summed E-state index contributed by atoms with van der Waals surface area (Å²) in [7, 11) is 1.14. The van der Waals surface area contributed by atoms with Gasteiger partial charge in [-0.15, -0.1) is 10.2 Å². The van der Waals surface area contributed by atoms with Crippen LogP contribution in [-0.4, -0.2) is 55.7 Å². The van der Waals surface area contributed by atoms with Crippen molar-refractivity contribution in [2.75, 3.05) is 12.4 Å². The Morgan fingerprint density at radius 1 is 1.05 bits per heavy atom. The average molecular weight is 608 g/mol. The number of amides is 2. The SMILES string of the molecule is COC(=O)Nc1ncc(-c2ccccc2)n(CC(=O)NC(C(=O)c2nnc(C(C)(C)c3ccc(Cl)cn3)o2)C(C)C)c1=O. The van der Waals surface area contributed by atoms with Crippen LogP contribution in [0.3, 0.4) is 0 Å². The molecule has 0 aliphatic rings. The van der Waals surface area contributed by atoms with Gasteiger partial charge in [0.1, 0.15) is 6.54 Å². The van der Waals surface area contributed by atoms with Crippen LogP contribution < -0.4 is 16.2 Å². The van der Waals surface area contributed by atoms with E-state index >= 15 is 0 Å². The molecule has 3 aromatic heterocycles. The van der Waals surface area contributed by atoms with Crippen molar-refractivity contribution in [3.63, 3.8) is 0 Å². The molecule has 224 valence electrons. The van der Waals surface area contributed by atoms with E-state index in [-0.39, 0.29) is 23.5 Å². The van der Waals surface area contributed by atoms with E-state index < -0.39 is 41.3 Å². The van der Waals surface area contributed by atoms with E-state index in [0.717, 1.165) is 11.7 Å². The molecule has 0 spiro atoms. The number of benzene rings is 1. The minimum atomic E-state index is -1.05. The second kappa shape index (κ2) is 12.9. The van der Waals surface area contributed by atoms with Crippen LogP contribution in [0.15, 0.2) is 64.1 Å². The predicted molar refractivity (Wildman–Crippen MR) is 157 cm³/mol. The maximum atomic E-state index is 13.5. The van der Waals surface area contributed by atoms with Gasteiger partial charge >= 0.3 is 6.09 Å². The molecule has 2 N–H and O–H groups in total. The fourth-order valence-electron chi connectivity index (χ4n) is 4.18. The molecule has 1 atom stereocenters. The van der Waals surface area contributed by atoms with E-state index in [2.05, 4.69) is 35.5 Å². The van der Waals surface area contributed by atoms with Crippen molar-refractivity contribution in [2.24, 2.45) is 5.92 Å². The molecule has 43 heavy (non-hydrogen) atoms. The van der Waals surface area contributed by atoms with Crippen LogP contribution in [0.2, 0.25) is 5.02 Å². The lowest BCUT2D eigenvalue weighted by atomic mass is 9.89. The smallest absolute Gasteiger partial charge is 0.412 e. The summed E-state index contributed by atoms with van der Waals surface area (Å²) in [6.45, 7) is 6.63. The fraction of sp³-hybridized carbons (Fsp3) is 0.310. The summed E-state index contributed by atoms with van der Waals surface area (Å²) in [4.78, 5) is 60.2. The Balaban J connectivity index is 1.59. The fourth-order valence-corrected chi connectivity index (χ4v) is 4.29. The number of carbonyl (C=O) groups is 3. The molecule has 13 nitrogen and oxygen atoms in total. The molecule has 3 heterocycles. The number of carbonyl (C=O) groups excluding carboxylic acids is 3. The van der Waals surface area contributed by atoms with Crippen LogP contribution in [0.5, 0.6) is 0 Å². The number of aromatic nitrogens is 5. The van der Waals surface area contributed by atoms with E-state index in [0.29, 0.717) is 22.0 Å². The van der Waals surface area contributed by atoms with Crippen LogP contribution in [-0.2, 0) is 21.5 Å². The number of nitrogens with one attached hydrogen (secondary N) is 2. The summed E-state index contributed by atoms with van der Waals surface area (Å²) in [5.41, 5.74) is -0.0421. The number of Topliss-reactive ketones (excluding diaryl/α,β-unsaturated/α-hetero) is 1. The number of rotatable bonds is 10. The quantitative estimate of drug-likeness (QED) is 0.252. The number of pyridine rings is 1. The molecule has 0 bridgehead atoms. The second-order valence-corrected chi connectivity index (χ2v) is 10.9. The summed E-state index contributed by atoms with van der Waals surface area (Å²) < 4.78 is 11.5. The van der Waals surface area contributed by atoms with Crippen LogP contribution in [0, 0.1) is 5.92 Å². The van der Waals surface area contributed by atoms with Crippen molar-refractivity contribution in [2.45, 2.75) is 45.7 Å². The van der Waals surface area contributed by atoms with Crippen LogP contribution in [0.1, 0.15) is 50.0 Å². The Kier molecular flexibility index (Phi) is 9.34. The Labute approximate surface area is 251 Å². The van der Waals surface area contributed by atoms with Crippen molar-refractivity contribution in [1.29, 1.82) is 0 Å². The molecule has 4 rings (SSSR count). The molecule has 0 aliphatic carbocycles. The minimum absolute atomic E-state index is 0.154. The van der Waals surface area contributed by atoms with E-state index in [1.807, 2.05) is 13.8 Å². The lowest BCUT2D eigenvalue weighted by molar-refractivity contribution is -0.122. The molecule has 0 aliphatic heterocycles. The zero-order chi connectivity index (χ0) is 31.3. The molecular formula is C29H30ClN7O6. The highest BCUT2D eigenvalue weighted by atomic mass is 35.5. The van der Waals surface area contributed by atoms with Gasteiger partial charge < -0.3 is 14.5 Å². The first-order valence-corrected chi connectivity index (χ1v) is 13.6. The number of hydrogen-bond donors (Lipinski definition) is 2. The Morgan fingerprint density at radius 2 is 1.77 bits per heavy atom. The predicted octanol–water partition coefficient (Wildman–Crippen LogP) is 3.87. The number of nitrogens with zero attached hydrogens (tertiary/aromatic N) is 5. The van der Waals surface area contributed by atoms with Crippen molar-refractivity contribution in [1.82, 2.24) is 30.0 Å². The van der Waals surface area contributed by atoms with E-state index in [4.69, 9.17) is 16.0 Å². The van der Waals surface area contributed by atoms with Crippen LogP contribution in [0.25, 0.3) is 11.3 Å². The molecule has 0 fully saturated rings. The number of ketones is 1. The Hall–Kier alpha value is -4.91. The maximum Gasteiger partial charge on any atom is 0.412 e. The third-order valence-corrected chi connectivity index (χ3v) is 6.86. The zero-order valence-electron chi connectivity index (χ0n) is 24.1. The highest BCUT2D eigenvalue weighted by Gasteiger charge is 2.35. The minimum Gasteiger partial charge on any atom is -0.453 e. The molecule has 2 amide bonds. The first kappa shape index (κ1) is 31.0. The van der Waals surface area contributed by atoms with Crippen molar-refractivity contribution < 1.29 is 23.5 Å². The molecule has 0 saturated heterocycles. The van der Waals surface area contributed by atoms with Gasteiger partial charge in [-0.2, -0.15) is 0 Å². The van der Waals surface area contributed by atoms with Crippen molar-refractivity contribution >= 4 is 35.2 Å². The van der Waals surface area contributed by atoms with E-state index in [1.165, 1.54) is 12.4 Å². The van der Waals surface area contributed by atoms with Gasteiger partial charge in [0.05, 0.1) is 41.2 Å². The van der Waals surface area contributed by atoms with Gasteiger partial charge in [0, 0.05) is 6.20 Å². The van der Waals surface area contributed by atoms with Gasteiger partial charge in [-0.05, 0) is 37.5 Å². The van der Waals surface area contributed by atoms with Gasteiger partial charge in [0.15, 0.2) is 0 Å². The summed E-state index contributed by atoms with van der Waals surface area (Å²) in [5, 5.41) is 13.4. The molecule has 0 radical (unpaired) electrons. The highest BCUT2D eigenvalue weighted by Crippen LogP contribution is 2.30.